The van der Waals surface area contributed by atoms with Gasteiger partial charge >= 0.3 is 6.18 Å². The summed E-state index contributed by atoms with van der Waals surface area (Å²) in [7, 11) is 1.56. The molecular weight excluding hydrogens is 419 g/mol. The highest BCUT2D eigenvalue weighted by atomic mass is 19.4. The maximum Gasteiger partial charge on any atom is 0.416 e. The number of carbonyl (C=O) groups is 1. The van der Waals surface area contributed by atoms with Crippen molar-refractivity contribution in [3.05, 3.63) is 65.2 Å². The molecule has 2 atom stereocenters. The summed E-state index contributed by atoms with van der Waals surface area (Å²) >= 11 is 0. The van der Waals surface area contributed by atoms with Crippen LogP contribution in [0.1, 0.15) is 16.7 Å². The molecule has 0 saturated carbocycles. The lowest BCUT2D eigenvalue weighted by molar-refractivity contribution is -0.137. The summed E-state index contributed by atoms with van der Waals surface area (Å²) in [6, 6.07) is 14.0. The molecule has 172 valence electrons. The third kappa shape index (κ3) is 4.91. The Balaban J connectivity index is 1.59. The summed E-state index contributed by atoms with van der Waals surface area (Å²) in [5, 5.41) is 2.90. The van der Waals surface area contributed by atoms with E-state index in [1.165, 1.54) is 11.6 Å². The van der Waals surface area contributed by atoms with Gasteiger partial charge in [0.1, 0.15) is 0 Å². The van der Waals surface area contributed by atoms with Crippen LogP contribution in [0.15, 0.2) is 48.5 Å². The number of hydrogen-bond acceptors (Lipinski definition) is 4. The number of rotatable bonds is 6. The molecular formula is C24H28F3N3O2. The molecule has 2 aliphatic heterocycles. The molecule has 1 fully saturated rings. The summed E-state index contributed by atoms with van der Waals surface area (Å²) in [5.74, 6) is -0.567. The molecule has 32 heavy (non-hydrogen) atoms. The van der Waals surface area contributed by atoms with E-state index in [9.17, 15) is 18.0 Å². The van der Waals surface area contributed by atoms with Gasteiger partial charge in [0.05, 0.1) is 24.1 Å². The van der Waals surface area contributed by atoms with Gasteiger partial charge in [-0.3, -0.25) is 9.69 Å². The predicted molar refractivity (Wildman–Crippen MR) is 116 cm³/mol. The molecule has 0 aliphatic carbocycles. The van der Waals surface area contributed by atoms with Crippen LogP contribution in [0.25, 0.3) is 0 Å². The SMILES string of the molecule is COCCNC(=O)[C@@H]1Cc2cc(C(F)(F)F)ccc2N2CCN(Cc3ccccc3)C[C@H]12. The van der Waals surface area contributed by atoms with E-state index in [0.717, 1.165) is 24.8 Å². The fourth-order valence-electron chi connectivity index (χ4n) is 4.75. The minimum Gasteiger partial charge on any atom is -0.383 e. The molecule has 2 aromatic rings. The zero-order valence-electron chi connectivity index (χ0n) is 18.1. The van der Waals surface area contributed by atoms with Gasteiger partial charge in [-0.1, -0.05) is 30.3 Å². The molecule has 0 unspecified atom stereocenters. The van der Waals surface area contributed by atoms with Gasteiger partial charge in [0.2, 0.25) is 5.91 Å². The molecule has 0 spiro atoms. The Hall–Kier alpha value is -2.58. The molecule has 2 aliphatic rings. The Bertz CT molecular complexity index is 936. The quantitative estimate of drug-likeness (QED) is 0.690. The number of nitrogens with one attached hydrogen (secondary N) is 1. The number of anilines is 1. The van der Waals surface area contributed by atoms with E-state index in [2.05, 4.69) is 27.2 Å². The first-order chi connectivity index (χ1) is 15.4. The van der Waals surface area contributed by atoms with Crippen molar-refractivity contribution in [2.24, 2.45) is 5.92 Å². The van der Waals surface area contributed by atoms with E-state index in [0.29, 0.717) is 38.2 Å². The number of amides is 1. The average molecular weight is 448 g/mol. The highest BCUT2D eigenvalue weighted by Crippen LogP contribution is 2.39. The first-order valence-corrected chi connectivity index (χ1v) is 10.9. The second-order valence-electron chi connectivity index (χ2n) is 8.42. The smallest absolute Gasteiger partial charge is 0.383 e. The number of halogens is 3. The normalized spacial score (nSPS) is 21.1. The fourth-order valence-corrected chi connectivity index (χ4v) is 4.75. The van der Waals surface area contributed by atoms with Crippen LogP contribution in [0.5, 0.6) is 0 Å². The number of hydrogen-bond donors (Lipinski definition) is 1. The zero-order chi connectivity index (χ0) is 22.7. The Morgan fingerprint density at radius 2 is 1.94 bits per heavy atom. The Morgan fingerprint density at radius 3 is 2.66 bits per heavy atom. The topological polar surface area (TPSA) is 44.8 Å². The van der Waals surface area contributed by atoms with Gasteiger partial charge < -0.3 is 15.0 Å². The molecule has 2 heterocycles. The van der Waals surface area contributed by atoms with Crippen molar-refractivity contribution in [2.45, 2.75) is 25.2 Å². The van der Waals surface area contributed by atoms with Crippen molar-refractivity contribution in [3.63, 3.8) is 0 Å². The minimum atomic E-state index is -4.41. The molecule has 1 N–H and O–H groups in total. The maximum atomic E-state index is 13.3. The minimum absolute atomic E-state index is 0.0979. The molecule has 1 saturated heterocycles. The van der Waals surface area contributed by atoms with Crippen molar-refractivity contribution in [1.82, 2.24) is 10.2 Å². The van der Waals surface area contributed by atoms with Crippen LogP contribution < -0.4 is 10.2 Å². The summed E-state index contributed by atoms with van der Waals surface area (Å²) in [6.07, 6.45) is -4.12. The Labute approximate surface area is 186 Å². The van der Waals surface area contributed by atoms with Crippen LogP contribution >= 0.6 is 0 Å². The van der Waals surface area contributed by atoms with Gasteiger partial charge in [-0.25, -0.2) is 0 Å². The highest BCUT2D eigenvalue weighted by Gasteiger charge is 2.42. The lowest BCUT2D eigenvalue weighted by Crippen LogP contribution is -2.61. The van der Waals surface area contributed by atoms with Crippen LogP contribution in [-0.2, 0) is 28.7 Å². The van der Waals surface area contributed by atoms with Crippen molar-refractivity contribution >= 4 is 11.6 Å². The zero-order valence-corrected chi connectivity index (χ0v) is 18.1. The summed E-state index contributed by atoms with van der Waals surface area (Å²) in [5.41, 5.74) is 1.92. The molecule has 0 radical (unpaired) electrons. The van der Waals surface area contributed by atoms with E-state index in [1.807, 2.05) is 18.2 Å². The Morgan fingerprint density at radius 1 is 1.16 bits per heavy atom. The largest absolute Gasteiger partial charge is 0.416 e. The van der Waals surface area contributed by atoms with Gasteiger partial charge in [-0.15, -0.1) is 0 Å². The van der Waals surface area contributed by atoms with Crippen LogP contribution in [-0.4, -0.2) is 56.7 Å². The van der Waals surface area contributed by atoms with Crippen LogP contribution in [0.4, 0.5) is 18.9 Å². The molecule has 2 aromatic carbocycles. The monoisotopic (exact) mass is 447 g/mol. The first-order valence-electron chi connectivity index (χ1n) is 10.9. The van der Waals surface area contributed by atoms with Crippen molar-refractivity contribution in [1.29, 1.82) is 0 Å². The lowest BCUT2D eigenvalue weighted by atomic mass is 9.82. The van der Waals surface area contributed by atoms with Crippen molar-refractivity contribution in [3.8, 4) is 0 Å². The number of nitrogens with zero attached hydrogens (tertiary/aromatic N) is 2. The van der Waals surface area contributed by atoms with Gasteiger partial charge in [0.25, 0.3) is 0 Å². The fraction of sp³-hybridized carbons (Fsp3) is 0.458. The average Bonchev–Trinajstić information content (AvgIpc) is 2.78. The van der Waals surface area contributed by atoms with Gasteiger partial charge in [0.15, 0.2) is 0 Å². The van der Waals surface area contributed by atoms with Crippen molar-refractivity contribution in [2.75, 3.05) is 44.8 Å². The number of piperazine rings is 1. The number of ether oxygens (including phenoxy) is 1. The maximum absolute atomic E-state index is 13.3. The van der Waals surface area contributed by atoms with Gasteiger partial charge in [0, 0.05) is 45.5 Å². The van der Waals surface area contributed by atoms with E-state index in [4.69, 9.17) is 4.74 Å². The molecule has 5 nitrogen and oxygen atoms in total. The highest BCUT2D eigenvalue weighted by molar-refractivity contribution is 5.82. The molecule has 4 rings (SSSR count). The second-order valence-corrected chi connectivity index (χ2v) is 8.42. The molecule has 1 amide bonds. The van der Waals surface area contributed by atoms with Gasteiger partial charge in [-0.2, -0.15) is 13.2 Å². The standard InChI is InChI=1S/C24H28F3N3O2/c1-32-12-9-28-23(31)20-14-18-13-19(24(25,26)27)7-8-21(18)30-11-10-29(16-22(20)30)15-17-5-3-2-4-6-17/h2-8,13,20,22H,9-12,14-16H2,1H3,(H,28,31)/t20-,22-/m1/s1. The number of fused-ring (bicyclic) bond motifs is 3. The van der Waals surface area contributed by atoms with E-state index in [1.54, 1.807) is 13.2 Å². The lowest BCUT2D eigenvalue weighted by Gasteiger charge is -2.49. The van der Waals surface area contributed by atoms with Crippen molar-refractivity contribution < 1.29 is 22.7 Å². The number of alkyl halides is 3. The van der Waals surface area contributed by atoms with Gasteiger partial charge in [-0.05, 0) is 35.7 Å². The predicted octanol–water partition coefficient (Wildman–Crippen LogP) is 3.33. The Kier molecular flexibility index (Phi) is 6.71. The summed E-state index contributed by atoms with van der Waals surface area (Å²) < 4.78 is 44.9. The number of methoxy groups -OCH3 is 1. The summed E-state index contributed by atoms with van der Waals surface area (Å²) in [4.78, 5) is 17.5. The van der Waals surface area contributed by atoms with Crippen LogP contribution in [0, 0.1) is 5.92 Å². The molecule has 8 heteroatoms. The van der Waals surface area contributed by atoms with E-state index < -0.39 is 17.7 Å². The number of carbonyl (C=O) groups excluding carboxylic acids is 1. The number of benzene rings is 2. The van der Waals surface area contributed by atoms with Crippen LogP contribution in [0.2, 0.25) is 0 Å². The summed E-state index contributed by atoms with van der Waals surface area (Å²) in [6.45, 7) is 3.67. The van der Waals surface area contributed by atoms with Crippen LogP contribution in [0.3, 0.4) is 0 Å². The van der Waals surface area contributed by atoms with E-state index in [-0.39, 0.29) is 11.9 Å². The first kappa shape index (κ1) is 22.6. The third-order valence-electron chi connectivity index (χ3n) is 6.31. The second kappa shape index (κ2) is 9.50. The molecule has 0 aromatic heterocycles. The molecule has 0 bridgehead atoms. The van der Waals surface area contributed by atoms with E-state index >= 15 is 0 Å². The third-order valence-corrected chi connectivity index (χ3v) is 6.31.